The van der Waals surface area contributed by atoms with Crippen LogP contribution in [0.25, 0.3) is 22.4 Å². The molecule has 102 valence electrons. The van der Waals surface area contributed by atoms with E-state index in [1.54, 1.807) is 0 Å². The maximum atomic E-state index is 5.97. The number of aromatic nitrogens is 2. The van der Waals surface area contributed by atoms with Gasteiger partial charge < -0.3 is 10.7 Å². The zero-order valence-corrected chi connectivity index (χ0v) is 12.3. The third-order valence-corrected chi connectivity index (χ3v) is 3.87. The molecule has 0 bridgehead atoms. The number of fused-ring (bicyclic) bond motifs is 1. The minimum Gasteiger partial charge on any atom is -0.399 e. The molecule has 0 saturated carbocycles. The summed E-state index contributed by atoms with van der Waals surface area (Å²) in [6.45, 7) is 8.38. The average Bonchev–Trinajstić information content (AvgIpc) is 2.77. The average molecular weight is 265 g/mol. The summed E-state index contributed by atoms with van der Waals surface area (Å²) in [5.41, 5.74) is 14.8. The molecule has 0 saturated heterocycles. The minimum atomic E-state index is 0.774. The van der Waals surface area contributed by atoms with Crippen LogP contribution in [0.2, 0.25) is 0 Å². The molecule has 0 atom stereocenters. The van der Waals surface area contributed by atoms with Gasteiger partial charge in [-0.3, -0.25) is 0 Å². The maximum absolute atomic E-state index is 5.97. The molecule has 3 heteroatoms. The molecule has 3 aromatic rings. The summed E-state index contributed by atoms with van der Waals surface area (Å²) >= 11 is 0. The summed E-state index contributed by atoms with van der Waals surface area (Å²) in [5, 5.41) is 0. The van der Waals surface area contributed by atoms with Crippen molar-refractivity contribution in [1.29, 1.82) is 0 Å². The van der Waals surface area contributed by atoms with Gasteiger partial charge in [-0.1, -0.05) is 6.07 Å². The Labute approximate surface area is 118 Å². The van der Waals surface area contributed by atoms with E-state index in [-0.39, 0.29) is 0 Å². The van der Waals surface area contributed by atoms with Crippen LogP contribution in [0.5, 0.6) is 0 Å². The molecule has 2 aromatic carbocycles. The lowest BCUT2D eigenvalue weighted by molar-refractivity contribution is 1.27. The SMILES string of the molecule is Cc1cc(C)c2nc(-c3cc(N)cc(C)c3C)[nH]c2c1. The molecule has 0 aliphatic heterocycles. The molecular formula is C17H19N3. The molecule has 0 fully saturated rings. The minimum absolute atomic E-state index is 0.774. The largest absolute Gasteiger partial charge is 0.399 e. The standard InChI is InChI=1S/C17H19N3/c1-9-5-11(3)16-15(6-9)19-17(20-16)14-8-13(18)7-10(2)12(14)4/h5-8H,18H2,1-4H3,(H,19,20). The number of hydrogen-bond donors (Lipinski definition) is 2. The van der Waals surface area contributed by atoms with E-state index >= 15 is 0 Å². The number of rotatable bonds is 1. The smallest absolute Gasteiger partial charge is 0.138 e. The van der Waals surface area contributed by atoms with Crippen molar-refractivity contribution in [3.63, 3.8) is 0 Å². The van der Waals surface area contributed by atoms with E-state index in [9.17, 15) is 0 Å². The summed E-state index contributed by atoms with van der Waals surface area (Å²) in [5.74, 6) is 0.890. The van der Waals surface area contributed by atoms with E-state index in [1.165, 1.54) is 22.3 Å². The molecule has 1 heterocycles. The number of H-pyrrole nitrogens is 1. The van der Waals surface area contributed by atoms with Gasteiger partial charge in [0, 0.05) is 11.3 Å². The molecule has 0 aliphatic carbocycles. The molecule has 0 radical (unpaired) electrons. The first-order chi connectivity index (χ1) is 9.45. The summed E-state index contributed by atoms with van der Waals surface area (Å²) in [4.78, 5) is 8.18. The highest BCUT2D eigenvalue weighted by Crippen LogP contribution is 2.29. The quantitative estimate of drug-likeness (QED) is 0.652. The van der Waals surface area contributed by atoms with Crippen molar-refractivity contribution < 1.29 is 0 Å². The zero-order valence-electron chi connectivity index (χ0n) is 12.3. The number of hydrogen-bond acceptors (Lipinski definition) is 2. The van der Waals surface area contributed by atoms with Crippen molar-refractivity contribution >= 4 is 16.7 Å². The highest BCUT2D eigenvalue weighted by atomic mass is 14.9. The lowest BCUT2D eigenvalue weighted by atomic mass is 10.0. The van der Waals surface area contributed by atoms with Gasteiger partial charge in [-0.2, -0.15) is 0 Å². The normalized spacial score (nSPS) is 11.2. The number of nitrogens with one attached hydrogen (secondary N) is 1. The third kappa shape index (κ3) is 1.95. The Balaban J connectivity index is 2.28. The van der Waals surface area contributed by atoms with E-state index in [0.29, 0.717) is 0 Å². The van der Waals surface area contributed by atoms with Gasteiger partial charge in [0.05, 0.1) is 11.0 Å². The zero-order chi connectivity index (χ0) is 14.4. The first-order valence-electron chi connectivity index (χ1n) is 6.80. The van der Waals surface area contributed by atoms with Crippen molar-refractivity contribution in [2.45, 2.75) is 27.7 Å². The number of anilines is 1. The second kappa shape index (κ2) is 4.37. The fourth-order valence-electron chi connectivity index (χ4n) is 2.73. The fraction of sp³-hybridized carbons (Fsp3) is 0.235. The Morgan fingerprint density at radius 3 is 2.45 bits per heavy atom. The summed E-state index contributed by atoms with van der Waals surface area (Å²) in [6, 6.07) is 8.27. The molecule has 20 heavy (non-hydrogen) atoms. The third-order valence-electron chi connectivity index (χ3n) is 3.87. The Morgan fingerprint density at radius 2 is 1.70 bits per heavy atom. The highest BCUT2D eigenvalue weighted by molar-refractivity contribution is 5.84. The van der Waals surface area contributed by atoms with Gasteiger partial charge in [-0.05, 0) is 68.1 Å². The van der Waals surface area contributed by atoms with Crippen LogP contribution >= 0.6 is 0 Å². The molecular weight excluding hydrogens is 246 g/mol. The van der Waals surface area contributed by atoms with Gasteiger partial charge in [-0.15, -0.1) is 0 Å². The molecule has 3 N–H and O–H groups in total. The molecule has 0 amide bonds. The maximum Gasteiger partial charge on any atom is 0.138 e. The Morgan fingerprint density at radius 1 is 0.950 bits per heavy atom. The second-order valence-corrected chi connectivity index (χ2v) is 5.57. The van der Waals surface area contributed by atoms with Gasteiger partial charge >= 0.3 is 0 Å². The van der Waals surface area contributed by atoms with Gasteiger partial charge in [0.2, 0.25) is 0 Å². The second-order valence-electron chi connectivity index (χ2n) is 5.57. The van der Waals surface area contributed by atoms with E-state index in [1.807, 2.05) is 12.1 Å². The first kappa shape index (κ1) is 12.7. The van der Waals surface area contributed by atoms with Crippen molar-refractivity contribution in [2.75, 3.05) is 5.73 Å². The summed E-state index contributed by atoms with van der Waals surface area (Å²) < 4.78 is 0. The number of benzene rings is 2. The molecule has 3 rings (SSSR count). The molecule has 1 aromatic heterocycles. The van der Waals surface area contributed by atoms with Crippen molar-refractivity contribution in [3.8, 4) is 11.4 Å². The number of nitrogens with two attached hydrogens (primary N) is 1. The van der Waals surface area contributed by atoms with Crippen LogP contribution in [0.15, 0.2) is 24.3 Å². The Hall–Kier alpha value is -2.29. The molecule has 0 spiro atoms. The summed E-state index contributed by atoms with van der Waals surface area (Å²) in [7, 11) is 0. The van der Waals surface area contributed by atoms with Crippen molar-refractivity contribution in [2.24, 2.45) is 0 Å². The van der Waals surface area contributed by atoms with Crippen LogP contribution < -0.4 is 5.73 Å². The van der Waals surface area contributed by atoms with Crippen molar-refractivity contribution in [1.82, 2.24) is 9.97 Å². The molecule has 3 nitrogen and oxygen atoms in total. The lowest BCUT2D eigenvalue weighted by Crippen LogP contribution is -1.93. The van der Waals surface area contributed by atoms with Crippen LogP contribution in [0.3, 0.4) is 0 Å². The van der Waals surface area contributed by atoms with Crippen LogP contribution in [0.4, 0.5) is 5.69 Å². The Kier molecular flexibility index (Phi) is 2.78. The highest BCUT2D eigenvalue weighted by Gasteiger charge is 2.11. The molecule has 0 unspecified atom stereocenters. The number of aromatic amines is 1. The van der Waals surface area contributed by atoms with E-state index in [0.717, 1.165) is 28.1 Å². The van der Waals surface area contributed by atoms with E-state index < -0.39 is 0 Å². The number of imidazole rings is 1. The van der Waals surface area contributed by atoms with E-state index in [4.69, 9.17) is 10.7 Å². The monoisotopic (exact) mass is 265 g/mol. The van der Waals surface area contributed by atoms with Gasteiger partial charge in [0.25, 0.3) is 0 Å². The molecule has 0 aliphatic rings. The number of nitrogen functional groups attached to an aromatic ring is 1. The topological polar surface area (TPSA) is 54.7 Å². The van der Waals surface area contributed by atoms with Crippen LogP contribution in [-0.2, 0) is 0 Å². The van der Waals surface area contributed by atoms with Crippen LogP contribution in [0, 0.1) is 27.7 Å². The van der Waals surface area contributed by atoms with Crippen LogP contribution in [-0.4, -0.2) is 9.97 Å². The van der Waals surface area contributed by atoms with Gasteiger partial charge in [-0.25, -0.2) is 4.98 Å². The van der Waals surface area contributed by atoms with Gasteiger partial charge in [0.1, 0.15) is 5.82 Å². The van der Waals surface area contributed by atoms with Crippen molar-refractivity contribution in [3.05, 3.63) is 46.5 Å². The lowest BCUT2D eigenvalue weighted by Gasteiger charge is -2.07. The predicted octanol–water partition coefficient (Wildman–Crippen LogP) is 4.05. The first-order valence-corrected chi connectivity index (χ1v) is 6.80. The Bertz CT molecular complexity index is 813. The van der Waals surface area contributed by atoms with E-state index in [2.05, 4.69) is 44.8 Å². The fourth-order valence-corrected chi connectivity index (χ4v) is 2.73. The summed E-state index contributed by atoms with van der Waals surface area (Å²) in [6.07, 6.45) is 0. The van der Waals surface area contributed by atoms with Crippen LogP contribution in [0.1, 0.15) is 22.3 Å². The number of nitrogens with zero attached hydrogens (tertiary/aromatic N) is 1. The predicted molar refractivity (Wildman–Crippen MR) is 84.9 cm³/mol. The number of aryl methyl sites for hydroxylation is 3. The van der Waals surface area contributed by atoms with Gasteiger partial charge in [0.15, 0.2) is 0 Å².